The van der Waals surface area contributed by atoms with E-state index < -0.39 is 4.92 Å². The largest absolute Gasteiger partial charge is 0.496 e. The van der Waals surface area contributed by atoms with Gasteiger partial charge in [0.1, 0.15) is 5.75 Å². The monoisotopic (exact) mass is 330 g/mol. The molecule has 0 unspecified atom stereocenters. The maximum absolute atomic E-state index is 11.1. The molecule has 0 heterocycles. The number of nitrogens with zero attached hydrogens (tertiary/aromatic N) is 1. The highest BCUT2D eigenvalue weighted by atomic mass is 16.6. The van der Waals surface area contributed by atoms with E-state index in [0.29, 0.717) is 12.2 Å². The van der Waals surface area contributed by atoms with Gasteiger partial charge in [0.15, 0.2) is 5.75 Å². The minimum absolute atomic E-state index is 0.0918. The Morgan fingerprint density at radius 1 is 1.12 bits per heavy atom. The lowest BCUT2D eigenvalue weighted by Crippen LogP contribution is -2.17. The van der Waals surface area contributed by atoms with Crippen LogP contribution < -0.4 is 14.8 Å². The Morgan fingerprint density at radius 3 is 2.50 bits per heavy atom. The van der Waals surface area contributed by atoms with Crippen molar-refractivity contribution in [2.24, 2.45) is 0 Å². The second-order valence-corrected chi connectivity index (χ2v) is 5.51. The lowest BCUT2D eigenvalue weighted by atomic mass is 10.1. The maximum Gasteiger partial charge on any atom is 0.314 e. The number of methoxy groups -OCH3 is 2. The van der Waals surface area contributed by atoms with Gasteiger partial charge in [0.05, 0.1) is 25.2 Å². The number of aryl methyl sites for hydroxylation is 1. The molecule has 0 bridgehead atoms. The molecule has 0 aliphatic carbocycles. The smallest absolute Gasteiger partial charge is 0.314 e. The van der Waals surface area contributed by atoms with Crippen LogP contribution in [0.4, 0.5) is 5.69 Å². The summed E-state index contributed by atoms with van der Waals surface area (Å²) >= 11 is 0. The highest BCUT2D eigenvalue weighted by Gasteiger charge is 2.19. The van der Waals surface area contributed by atoms with Gasteiger partial charge < -0.3 is 14.8 Å². The van der Waals surface area contributed by atoms with E-state index in [1.165, 1.54) is 31.4 Å². The third kappa shape index (κ3) is 4.45. The molecule has 0 saturated heterocycles. The maximum atomic E-state index is 11.1. The fraction of sp³-hybridized carbons (Fsp3) is 0.333. The molecule has 2 rings (SSSR count). The van der Waals surface area contributed by atoms with Gasteiger partial charge in [-0.3, -0.25) is 10.1 Å². The molecule has 2 aromatic rings. The molecule has 6 nitrogen and oxygen atoms in total. The number of ether oxygens (including phenoxy) is 2. The van der Waals surface area contributed by atoms with E-state index in [1.54, 1.807) is 6.07 Å². The van der Waals surface area contributed by atoms with Crippen LogP contribution in [0, 0.1) is 17.0 Å². The first-order valence-electron chi connectivity index (χ1n) is 7.70. The third-order valence-corrected chi connectivity index (χ3v) is 3.76. The molecule has 0 aromatic heterocycles. The van der Waals surface area contributed by atoms with E-state index in [4.69, 9.17) is 9.47 Å². The molecule has 6 heteroatoms. The van der Waals surface area contributed by atoms with Crippen LogP contribution in [-0.4, -0.2) is 25.7 Å². The van der Waals surface area contributed by atoms with Crippen LogP contribution in [0.25, 0.3) is 0 Å². The summed E-state index contributed by atoms with van der Waals surface area (Å²) in [5.41, 5.74) is 3.24. The topological polar surface area (TPSA) is 73.6 Å². The quantitative estimate of drug-likeness (QED) is 0.457. The third-order valence-electron chi connectivity index (χ3n) is 3.76. The molecule has 0 atom stereocenters. The van der Waals surface area contributed by atoms with Gasteiger partial charge in [-0.1, -0.05) is 29.8 Å². The zero-order valence-corrected chi connectivity index (χ0v) is 14.2. The SMILES string of the molecule is COc1cc([N+](=O)[O-])c(OC)cc1CCNCc1cccc(C)c1. The van der Waals surface area contributed by atoms with Crippen molar-refractivity contribution in [1.29, 1.82) is 0 Å². The molecule has 0 fully saturated rings. The Labute approximate surface area is 141 Å². The lowest BCUT2D eigenvalue weighted by Gasteiger charge is -2.12. The fourth-order valence-electron chi connectivity index (χ4n) is 2.56. The average Bonchev–Trinajstić information content (AvgIpc) is 2.58. The van der Waals surface area contributed by atoms with Crippen molar-refractivity contribution in [3.05, 3.63) is 63.2 Å². The van der Waals surface area contributed by atoms with Crippen LogP contribution in [0.5, 0.6) is 11.5 Å². The number of nitro groups is 1. The standard InChI is InChI=1S/C18H22N2O4/c1-13-5-4-6-14(9-13)12-19-8-7-15-10-18(24-3)16(20(21)22)11-17(15)23-2/h4-6,9-11,19H,7-8,12H2,1-3H3. The minimum atomic E-state index is -0.471. The van der Waals surface area contributed by atoms with Gasteiger partial charge in [-0.25, -0.2) is 0 Å². The van der Waals surface area contributed by atoms with E-state index in [9.17, 15) is 10.1 Å². The normalized spacial score (nSPS) is 10.5. The fourth-order valence-corrected chi connectivity index (χ4v) is 2.56. The number of nitro benzene ring substituents is 1. The van der Waals surface area contributed by atoms with Gasteiger partial charge >= 0.3 is 5.69 Å². The number of hydrogen-bond donors (Lipinski definition) is 1. The van der Waals surface area contributed by atoms with E-state index in [2.05, 4.69) is 30.4 Å². The summed E-state index contributed by atoms with van der Waals surface area (Å²) < 4.78 is 10.4. The van der Waals surface area contributed by atoms with Gasteiger partial charge in [-0.05, 0) is 37.1 Å². The predicted molar refractivity (Wildman–Crippen MR) is 92.8 cm³/mol. The summed E-state index contributed by atoms with van der Waals surface area (Å²) in [4.78, 5) is 10.6. The van der Waals surface area contributed by atoms with Crippen molar-refractivity contribution in [3.63, 3.8) is 0 Å². The number of benzene rings is 2. The first-order valence-corrected chi connectivity index (χ1v) is 7.70. The van der Waals surface area contributed by atoms with Crippen molar-refractivity contribution in [2.45, 2.75) is 19.9 Å². The summed E-state index contributed by atoms with van der Waals surface area (Å²) in [6, 6.07) is 11.4. The molecule has 128 valence electrons. The Kier molecular flexibility index (Phi) is 6.14. The molecular weight excluding hydrogens is 308 g/mol. The Bertz CT molecular complexity index is 716. The second kappa shape index (κ2) is 8.31. The van der Waals surface area contributed by atoms with Gasteiger partial charge in [0, 0.05) is 6.54 Å². The molecule has 0 aliphatic heterocycles. The summed E-state index contributed by atoms with van der Waals surface area (Å²) in [5.74, 6) is 0.745. The zero-order valence-electron chi connectivity index (χ0n) is 14.2. The Balaban J connectivity index is 2.02. The average molecular weight is 330 g/mol. The number of nitrogens with one attached hydrogen (secondary N) is 1. The van der Waals surface area contributed by atoms with Gasteiger partial charge in [0.25, 0.3) is 0 Å². The Morgan fingerprint density at radius 2 is 1.88 bits per heavy atom. The summed E-state index contributed by atoms with van der Waals surface area (Å²) in [6.45, 7) is 3.57. The minimum Gasteiger partial charge on any atom is -0.496 e. The molecule has 1 N–H and O–H groups in total. The predicted octanol–water partition coefficient (Wildman–Crippen LogP) is 3.25. The van der Waals surface area contributed by atoms with Gasteiger partial charge in [0.2, 0.25) is 0 Å². The molecule has 24 heavy (non-hydrogen) atoms. The van der Waals surface area contributed by atoms with Crippen LogP contribution in [0.15, 0.2) is 36.4 Å². The molecule has 0 spiro atoms. The van der Waals surface area contributed by atoms with Gasteiger partial charge in [-0.2, -0.15) is 0 Å². The van der Waals surface area contributed by atoms with Crippen molar-refractivity contribution >= 4 is 5.69 Å². The van der Waals surface area contributed by atoms with Crippen molar-refractivity contribution in [1.82, 2.24) is 5.32 Å². The number of hydrogen-bond acceptors (Lipinski definition) is 5. The number of rotatable bonds is 8. The lowest BCUT2D eigenvalue weighted by molar-refractivity contribution is -0.385. The van der Waals surface area contributed by atoms with Crippen LogP contribution >= 0.6 is 0 Å². The summed E-state index contributed by atoms with van der Waals surface area (Å²) in [5, 5.41) is 14.4. The highest BCUT2D eigenvalue weighted by Crippen LogP contribution is 2.34. The van der Waals surface area contributed by atoms with E-state index in [0.717, 1.165) is 18.7 Å². The zero-order chi connectivity index (χ0) is 17.5. The van der Waals surface area contributed by atoms with Crippen LogP contribution in [0.1, 0.15) is 16.7 Å². The first-order chi connectivity index (χ1) is 11.5. The Hall–Kier alpha value is -2.60. The highest BCUT2D eigenvalue weighted by molar-refractivity contribution is 5.55. The first kappa shape index (κ1) is 17.7. The summed E-state index contributed by atoms with van der Waals surface area (Å²) in [6.07, 6.45) is 0.684. The van der Waals surface area contributed by atoms with Gasteiger partial charge in [-0.15, -0.1) is 0 Å². The molecule has 0 radical (unpaired) electrons. The van der Waals surface area contributed by atoms with Crippen LogP contribution in [0.2, 0.25) is 0 Å². The molecule has 0 amide bonds. The van der Waals surface area contributed by atoms with E-state index in [1.807, 2.05) is 6.07 Å². The molecule has 2 aromatic carbocycles. The van der Waals surface area contributed by atoms with E-state index >= 15 is 0 Å². The van der Waals surface area contributed by atoms with Crippen molar-refractivity contribution in [2.75, 3.05) is 20.8 Å². The molecule has 0 saturated carbocycles. The summed E-state index contributed by atoms with van der Waals surface area (Å²) in [7, 11) is 2.93. The van der Waals surface area contributed by atoms with Crippen LogP contribution in [0.3, 0.4) is 0 Å². The molecule has 0 aliphatic rings. The van der Waals surface area contributed by atoms with Crippen molar-refractivity contribution < 1.29 is 14.4 Å². The molecular formula is C18H22N2O4. The van der Waals surface area contributed by atoms with E-state index in [-0.39, 0.29) is 11.4 Å². The van der Waals surface area contributed by atoms with Crippen LogP contribution in [-0.2, 0) is 13.0 Å². The second-order valence-electron chi connectivity index (χ2n) is 5.51. The van der Waals surface area contributed by atoms with Crippen molar-refractivity contribution in [3.8, 4) is 11.5 Å².